The van der Waals surface area contributed by atoms with Crippen LogP contribution in [-0.4, -0.2) is 48.9 Å². The number of aromatic nitrogens is 5. The molecular formula is C20H20N6O5S. The number of hydrogen-bond acceptors (Lipinski definition) is 10. The van der Waals surface area contributed by atoms with E-state index in [-0.39, 0.29) is 17.2 Å². The topological polar surface area (TPSA) is 159 Å². The second-order valence-corrected chi connectivity index (χ2v) is 7.37. The minimum absolute atomic E-state index is 0.0366. The fourth-order valence-electron chi connectivity index (χ4n) is 2.59. The number of thiazole rings is 1. The lowest BCUT2D eigenvalue weighted by Gasteiger charge is -2.02. The van der Waals surface area contributed by atoms with Crippen LogP contribution >= 0.6 is 11.3 Å². The lowest BCUT2D eigenvalue weighted by atomic mass is 10.1. The standard InChI is InChI=1S/C12H11NO4.C8H9N5OS/c1-7-13-10(12(14)15)11(17-7)8-4-3-5-9(6-8)16-2;1-5(14)6-4-15-8(11-6)3-13-10-2-7(9)12-13/h3-6H,1-2H3,(H,14,15);2,4H,3H2,1H3,(H2,9,12). The zero-order chi connectivity index (χ0) is 23.3. The van der Waals surface area contributed by atoms with Crippen LogP contribution in [0, 0.1) is 6.92 Å². The minimum atomic E-state index is -1.11. The number of carbonyl (C=O) groups excluding carboxylic acids is 1. The fourth-order valence-corrected chi connectivity index (χ4v) is 3.39. The molecule has 3 N–H and O–H groups in total. The highest BCUT2D eigenvalue weighted by molar-refractivity contribution is 7.09. The summed E-state index contributed by atoms with van der Waals surface area (Å²) in [5, 5.41) is 19.4. The van der Waals surface area contributed by atoms with E-state index in [1.165, 1.54) is 29.3 Å². The summed E-state index contributed by atoms with van der Waals surface area (Å²) in [5.74, 6) is 0.422. The number of anilines is 1. The summed E-state index contributed by atoms with van der Waals surface area (Å²) >= 11 is 1.41. The van der Waals surface area contributed by atoms with E-state index in [0.29, 0.717) is 35.3 Å². The first kappa shape index (κ1) is 22.6. The SMILES string of the molecule is CC(=O)c1csc(Cn2ncc(N)n2)n1.COc1cccc(-c2oc(C)nc2C(=O)O)c1. The van der Waals surface area contributed by atoms with Gasteiger partial charge >= 0.3 is 5.97 Å². The van der Waals surface area contributed by atoms with Gasteiger partial charge in [0.2, 0.25) is 0 Å². The van der Waals surface area contributed by atoms with Crippen molar-refractivity contribution >= 4 is 28.9 Å². The van der Waals surface area contributed by atoms with Crippen LogP contribution in [0.3, 0.4) is 0 Å². The van der Waals surface area contributed by atoms with Crippen molar-refractivity contribution in [3.63, 3.8) is 0 Å². The number of carboxylic acid groups (broad SMARTS) is 1. The summed E-state index contributed by atoms with van der Waals surface area (Å²) in [6, 6.07) is 6.98. The molecule has 0 fully saturated rings. The molecular weight excluding hydrogens is 436 g/mol. The molecule has 3 heterocycles. The summed E-state index contributed by atoms with van der Waals surface area (Å²) in [4.78, 5) is 31.4. The van der Waals surface area contributed by atoms with Gasteiger partial charge in [0.15, 0.2) is 28.9 Å². The Bertz CT molecular complexity index is 1240. The Morgan fingerprint density at radius 1 is 1.31 bits per heavy atom. The lowest BCUT2D eigenvalue weighted by molar-refractivity contribution is 0.0691. The van der Waals surface area contributed by atoms with Gasteiger partial charge in [-0.2, -0.15) is 9.90 Å². The number of oxazole rings is 1. The third-order valence-corrected chi connectivity index (χ3v) is 4.85. The molecule has 0 aliphatic heterocycles. The van der Waals surface area contributed by atoms with Gasteiger partial charge in [0.05, 0.1) is 13.3 Å². The largest absolute Gasteiger partial charge is 0.497 e. The van der Waals surface area contributed by atoms with E-state index >= 15 is 0 Å². The van der Waals surface area contributed by atoms with Gasteiger partial charge in [0, 0.05) is 24.8 Å². The number of nitrogen functional groups attached to an aromatic ring is 1. The van der Waals surface area contributed by atoms with Gasteiger partial charge < -0.3 is 20.0 Å². The molecule has 32 heavy (non-hydrogen) atoms. The average molecular weight is 456 g/mol. The van der Waals surface area contributed by atoms with Crippen molar-refractivity contribution in [3.05, 3.63) is 58.1 Å². The van der Waals surface area contributed by atoms with E-state index in [1.54, 1.807) is 43.7 Å². The Kier molecular flexibility index (Phi) is 6.95. The second kappa shape index (κ2) is 9.83. The first-order valence-electron chi connectivity index (χ1n) is 9.23. The predicted octanol–water partition coefficient (Wildman–Crippen LogP) is 2.92. The maximum absolute atomic E-state index is 11.0. The molecule has 12 heteroatoms. The number of nitrogens with two attached hydrogens (primary N) is 1. The van der Waals surface area contributed by atoms with Gasteiger partial charge in [0.25, 0.3) is 0 Å². The molecule has 4 aromatic rings. The highest BCUT2D eigenvalue weighted by Crippen LogP contribution is 2.27. The summed E-state index contributed by atoms with van der Waals surface area (Å²) in [7, 11) is 1.54. The van der Waals surface area contributed by atoms with Gasteiger partial charge in [-0.1, -0.05) is 12.1 Å². The minimum Gasteiger partial charge on any atom is -0.497 e. The van der Waals surface area contributed by atoms with Crippen molar-refractivity contribution in [2.75, 3.05) is 12.8 Å². The molecule has 0 radical (unpaired) electrons. The van der Waals surface area contributed by atoms with Crippen LogP contribution in [0.25, 0.3) is 11.3 Å². The summed E-state index contributed by atoms with van der Waals surface area (Å²) in [5.41, 5.74) is 6.44. The van der Waals surface area contributed by atoms with Crippen LogP contribution in [0.2, 0.25) is 0 Å². The molecule has 4 rings (SSSR count). The smallest absolute Gasteiger partial charge is 0.358 e. The summed E-state index contributed by atoms with van der Waals surface area (Å²) < 4.78 is 10.4. The number of carboxylic acids is 1. The van der Waals surface area contributed by atoms with Gasteiger partial charge in [0.1, 0.15) is 23.0 Å². The molecule has 0 unspecified atom stereocenters. The van der Waals surface area contributed by atoms with Gasteiger partial charge in [-0.05, 0) is 12.1 Å². The van der Waals surface area contributed by atoms with E-state index in [1.807, 2.05) is 0 Å². The zero-order valence-corrected chi connectivity index (χ0v) is 18.3. The van der Waals surface area contributed by atoms with Crippen LogP contribution in [0.1, 0.15) is 38.8 Å². The molecule has 166 valence electrons. The van der Waals surface area contributed by atoms with Crippen molar-refractivity contribution in [2.45, 2.75) is 20.4 Å². The first-order valence-corrected chi connectivity index (χ1v) is 10.1. The van der Waals surface area contributed by atoms with Crippen molar-refractivity contribution in [2.24, 2.45) is 0 Å². The molecule has 0 aliphatic rings. The van der Waals surface area contributed by atoms with E-state index in [2.05, 4.69) is 20.2 Å². The Labute approximate surface area is 186 Å². The van der Waals surface area contributed by atoms with Crippen molar-refractivity contribution in [1.29, 1.82) is 0 Å². The maximum Gasteiger partial charge on any atom is 0.358 e. The van der Waals surface area contributed by atoms with E-state index in [0.717, 1.165) is 5.01 Å². The number of benzene rings is 1. The Morgan fingerprint density at radius 3 is 2.69 bits per heavy atom. The van der Waals surface area contributed by atoms with Gasteiger partial charge in [-0.3, -0.25) is 4.79 Å². The number of hydrogen-bond donors (Lipinski definition) is 2. The molecule has 0 aliphatic carbocycles. The lowest BCUT2D eigenvalue weighted by Crippen LogP contribution is -2.04. The Balaban J connectivity index is 0.000000182. The number of rotatable bonds is 6. The zero-order valence-electron chi connectivity index (χ0n) is 17.5. The van der Waals surface area contributed by atoms with Crippen LogP contribution in [-0.2, 0) is 6.54 Å². The molecule has 0 bridgehead atoms. The van der Waals surface area contributed by atoms with E-state index in [9.17, 15) is 9.59 Å². The van der Waals surface area contributed by atoms with Crippen molar-refractivity contribution < 1.29 is 23.8 Å². The third kappa shape index (κ3) is 5.55. The third-order valence-electron chi connectivity index (χ3n) is 4.01. The van der Waals surface area contributed by atoms with Crippen LogP contribution in [0.15, 0.2) is 40.3 Å². The normalized spacial score (nSPS) is 10.3. The molecule has 3 aromatic heterocycles. The molecule has 0 spiro atoms. The average Bonchev–Trinajstić information content (AvgIpc) is 3.49. The highest BCUT2D eigenvalue weighted by Gasteiger charge is 2.19. The van der Waals surface area contributed by atoms with E-state index < -0.39 is 5.97 Å². The van der Waals surface area contributed by atoms with Crippen molar-refractivity contribution in [3.8, 4) is 17.1 Å². The summed E-state index contributed by atoms with van der Waals surface area (Å²) in [6.45, 7) is 3.54. The van der Waals surface area contributed by atoms with Crippen LogP contribution in [0.5, 0.6) is 5.75 Å². The molecule has 0 amide bonds. The second-order valence-electron chi connectivity index (χ2n) is 6.43. The van der Waals surface area contributed by atoms with E-state index in [4.69, 9.17) is 20.0 Å². The number of aromatic carboxylic acids is 1. The summed E-state index contributed by atoms with van der Waals surface area (Å²) in [6.07, 6.45) is 1.47. The number of aryl methyl sites for hydroxylation is 1. The number of methoxy groups -OCH3 is 1. The number of Topliss-reactive ketones (excluding diaryl/α,β-unsaturated/α-hetero) is 1. The quantitative estimate of drug-likeness (QED) is 0.413. The van der Waals surface area contributed by atoms with Crippen LogP contribution < -0.4 is 10.5 Å². The van der Waals surface area contributed by atoms with Gasteiger partial charge in [-0.25, -0.2) is 14.8 Å². The molecule has 11 nitrogen and oxygen atoms in total. The van der Waals surface area contributed by atoms with Crippen molar-refractivity contribution in [1.82, 2.24) is 25.0 Å². The number of nitrogens with zero attached hydrogens (tertiary/aromatic N) is 5. The molecule has 0 saturated carbocycles. The molecule has 0 saturated heterocycles. The Morgan fingerprint density at radius 2 is 2.09 bits per heavy atom. The number of carbonyl (C=O) groups is 2. The number of ketones is 1. The molecule has 0 atom stereocenters. The Hall–Kier alpha value is -4.06. The first-order chi connectivity index (χ1) is 15.3. The highest BCUT2D eigenvalue weighted by atomic mass is 32.1. The molecule has 1 aromatic carbocycles. The predicted molar refractivity (Wildman–Crippen MR) is 116 cm³/mol. The van der Waals surface area contributed by atoms with Crippen LogP contribution in [0.4, 0.5) is 5.82 Å². The van der Waals surface area contributed by atoms with Gasteiger partial charge in [-0.15, -0.1) is 16.4 Å². The monoisotopic (exact) mass is 456 g/mol. The fraction of sp³-hybridized carbons (Fsp3) is 0.200. The maximum atomic E-state index is 11.0. The number of ether oxygens (including phenoxy) is 1.